The van der Waals surface area contributed by atoms with Crippen LogP contribution in [0.4, 0.5) is 0 Å². The molecule has 1 aromatic carbocycles. The van der Waals surface area contributed by atoms with Gasteiger partial charge in [0.25, 0.3) is 0 Å². The Morgan fingerprint density at radius 2 is 2.14 bits per heavy atom. The van der Waals surface area contributed by atoms with Crippen LogP contribution in [-0.4, -0.2) is 40.4 Å². The largest absolute Gasteiger partial charge is 0.508 e. The Kier molecular flexibility index (Phi) is 4.60. The van der Waals surface area contributed by atoms with Gasteiger partial charge in [-0.2, -0.15) is 0 Å². The molecule has 1 saturated carbocycles. The summed E-state index contributed by atoms with van der Waals surface area (Å²) in [5, 5.41) is 14.1. The predicted molar refractivity (Wildman–Crippen MR) is 86.2 cm³/mol. The Hall–Kier alpha value is -1.33. The zero-order chi connectivity index (χ0) is 14.7. The van der Waals surface area contributed by atoms with Crippen molar-refractivity contribution in [2.24, 2.45) is 0 Å². The topological polar surface area (TPSA) is 44.7 Å². The van der Waals surface area contributed by atoms with Gasteiger partial charge in [0.15, 0.2) is 5.11 Å². The minimum absolute atomic E-state index is 0.245. The first-order chi connectivity index (χ1) is 10.2. The maximum Gasteiger partial charge on any atom is 0.169 e. The first-order valence-corrected chi connectivity index (χ1v) is 8.07. The monoisotopic (exact) mass is 306 g/mol. The molecular weight excluding hydrogens is 284 g/mol. The van der Waals surface area contributed by atoms with Gasteiger partial charge in [0.2, 0.25) is 0 Å². The molecule has 1 saturated heterocycles. The molecule has 21 heavy (non-hydrogen) atoms. The van der Waals surface area contributed by atoms with Crippen LogP contribution < -0.4 is 5.32 Å². The molecule has 0 amide bonds. The van der Waals surface area contributed by atoms with E-state index in [1.807, 2.05) is 18.2 Å². The second kappa shape index (κ2) is 6.62. The van der Waals surface area contributed by atoms with Gasteiger partial charge in [-0.1, -0.05) is 18.2 Å². The van der Waals surface area contributed by atoms with Crippen molar-refractivity contribution in [1.29, 1.82) is 0 Å². The summed E-state index contributed by atoms with van der Waals surface area (Å²) >= 11 is 5.55. The summed E-state index contributed by atoms with van der Waals surface area (Å²) in [5.74, 6) is 0.323. The van der Waals surface area contributed by atoms with E-state index in [2.05, 4.69) is 10.2 Å². The standard InChI is InChI=1S/C16H22N2O2S/c19-15-6-2-1-4-12(15)10-18(11-14-5-3-9-20-14)16(21)17-13-7-8-13/h1-2,4,6,13-14,19H,3,5,7-11H2,(H,17,21)/t14-/m0/s1. The molecule has 1 aliphatic heterocycles. The number of phenols is 1. The molecule has 0 radical (unpaired) electrons. The predicted octanol–water partition coefficient (Wildman–Crippen LogP) is 2.41. The third-order valence-corrected chi connectivity index (χ3v) is 4.37. The first-order valence-electron chi connectivity index (χ1n) is 7.66. The number of ether oxygens (including phenoxy) is 1. The van der Waals surface area contributed by atoms with Gasteiger partial charge in [0.1, 0.15) is 5.75 Å². The number of rotatable bonds is 5. The summed E-state index contributed by atoms with van der Waals surface area (Å²) in [4.78, 5) is 2.12. The van der Waals surface area contributed by atoms with Crippen molar-refractivity contribution in [3.8, 4) is 5.75 Å². The molecule has 1 heterocycles. The van der Waals surface area contributed by atoms with E-state index in [0.29, 0.717) is 18.3 Å². The highest BCUT2D eigenvalue weighted by molar-refractivity contribution is 7.80. The van der Waals surface area contributed by atoms with Crippen molar-refractivity contribution in [3.63, 3.8) is 0 Å². The highest BCUT2D eigenvalue weighted by Crippen LogP contribution is 2.22. The average Bonchev–Trinajstić information content (AvgIpc) is 3.13. The van der Waals surface area contributed by atoms with Crippen LogP contribution in [0, 0.1) is 0 Å². The minimum atomic E-state index is 0.245. The van der Waals surface area contributed by atoms with Gasteiger partial charge in [-0.3, -0.25) is 0 Å². The SMILES string of the molecule is Oc1ccccc1CN(C[C@@H]1CCCO1)C(=S)NC1CC1. The molecule has 2 fully saturated rings. The molecule has 5 heteroatoms. The number of hydrogen-bond donors (Lipinski definition) is 2. The summed E-state index contributed by atoms with van der Waals surface area (Å²) < 4.78 is 5.73. The van der Waals surface area contributed by atoms with E-state index >= 15 is 0 Å². The molecule has 4 nitrogen and oxygen atoms in total. The number of thiocarbonyl (C=S) groups is 1. The fourth-order valence-electron chi connectivity index (χ4n) is 2.60. The van der Waals surface area contributed by atoms with E-state index in [1.54, 1.807) is 6.07 Å². The van der Waals surface area contributed by atoms with Crippen LogP contribution in [0.15, 0.2) is 24.3 Å². The zero-order valence-corrected chi connectivity index (χ0v) is 12.9. The maximum atomic E-state index is 9.97. The molecule has 0 bridgehead atoms. The molecule has 2 aliphatic rings. The van der Waals surface area contributed by atoms with Gasteiger partial charge >= 0.3 is 0 Å². The number of phenolic OH excluding ortho intramolecular Hbond substituents is 1. The number of hydrogen-bond acceptors (Lipinski definition) is 3. The summed E-state index contributed by atoms with van der Waals surface area (Å²) in [5.41, 5.74) is 0.899. The van der Waals surface area contributed by atoms with E-state index in [0.717, 1.165) is 36.7 Å². The molecular formula is C16H22N2O2S. The molecule has 0 aromatic heterocycles. The zero-order valence-electron chi connectivity index (χ0n) is 12.1. The van der Waals surface area contributed by atoms with E-state index < -0.39 is 0 Å². The molecule has 1 aromatic rings. The fourth-order valence-corrected chi connectivity index (χ4v) is 2.90. The van der Waals surface area contributed by atoms with Crippen LogP contribution in [0.5, 0.6) is 5.75 Å². The second-order valence-electron chi connectivity index (χ2n) is 5.87. The van der Waals surface area contributed by atoms with Gasteiger partial charge in [0.05, 0.1) is 6.10 Å². The molecule has 114 valence electrons. The molecule has 0 spiro atoms. The molecule has 3 rings (SSSR count). The Bertz CT molecular complexity index is 499. The lowest BCUT2D eigenvalue weighted by Crippen LogP contribution is -2.43. The minimum Gasteiger partial charge on any atom is -0.508 e. The third-order valence-electron chi connectivity index (χ3n) is 3.99. The number of nitrogens with zero attached hydrogens (tertiary/aromatic N) is 1. The lowest BCUT2D eigenvalue weighted by atomic mass is 10.1. The Balaban J connectivity index is 1.67. The number of benzene rings is 1. The van der Waals surface area contributed by atoms with Crippen molar-refractivity contribution in [2.75, 3.05) is 13.2 Å². The van der Waals surface area contributed by atoms with Crippen LogP contribution in [0.25, 0.3) is 0 Å². The number of nitrogens with one attached hydrogen (secondary N) is 1. The van der Waals surface area contributed by atoms with Crippen LogP contribution in [0.3, 0.4) is 0 Å². The highest BCUT2D eigenvalue weighted by atomic mass is 32.1. The lowest BCUT2D eigenvalue weighted by Gasteiger charge is -2.28. The normalized spacial score (nSPS) is 21.2. The Labute approximate surface area is 131 Å². The molecule has 0 unspecified atom stereocenters. The highest BCUT2D eigenvalue weighted by Gasteiger charge is 2.26. The fraction of sp³-hybridized carbons (Fsp3) is 0.562. The van der Waals surface area contributed by atoms with Crippen molar-refractivity contribution in [3.05, 3.63) is 29.8 Å². The smallest absolute Gasteiger partial charge is 0.169 e. The van der Waals surface area contributed by atoms with Crippen LogP contribution >= 0.6 is 12.2 Å². The summed E-state index contributed by atoms with van der Waals surface area (Å²) in [6.45, 7) is 2.25. The van der Waals surface area contributed by atoms with E-state index in [1.165, 1.54) is 12.8 Å². The van der Waals surface area contributed by atoms with Crippen molar-refractivity contribution in [1.82, 2.24) is 10.2 Å². The Morgan fingerprint density at radius 3 is 2.81 bits per heavy atom. The molecule has 1 atom stereocenters. The lowest BCUT2D eigenvalue weighted by molar-refractivity contribution is 0.0895. The van der Waals surface area contributed by atoms with E-state index in [9.17, 15) is 5.11 Å². The third kappa shape index (κ3) is 4.08. The van der Waals surface area contributed by atoms with Crippen LogP contribution in [-0.2, 0) is 11.3 Å². The van der Waals surface area contributed by atoms with Gasteiger partial charge in [-0.15, -0.1) is 0 Å². The van der Waals surface area contributed by atoms with Gasteiger partial charge < -0.3 is 20.1 Å². The number of aromatic hydroxyl groups is 1. The average molecular weight is 306 g/mol. The van der Waals surface area contributed by atoms with Gasteiger partial charge in [-0.05, 0) is 44.0 Å². The first kappa shape index (κ1) is 14.6. The van der Waals surface area contributed by atoms with Crippen molar-refractivity contribution >= 4 is 17.3 Å². The van der Waals surface area contributed by atoms with Gasteiger partial charge in [-0.25, -0.2) is 0 Å². The Morgan fingerprint density at radius 1 is 1.33 bits per heavy atom. The second-order valence-corrected chi connectivity index (χ2v) is 6.25. The summed E-state index contributed by atoms with van der Waals surface area (Å²) in [7, 11) is 0. The van der Waals surface area contributed by atoms with E-state index in [-0.39, 0.29) is 6.10 Å². The quantitative estimate of drug-likeness (QED) is 0.818. The number of para-hydroxylation sites is 1. The van der Waals surface area contributed by atoms with E-state index in [4.69, 9.17) is 17.0 Å². The van der Waals surface area contributed by atoms with Crippen LogP contribution in [0.2, 0.25) is 0 Å². The van der Waals surface area contributed by atoms with Crippen LogP contribution in [0.1, 0.15) is 31.2 Å². The molecule has 1 aliphatic carbocycles. The maximum absolute atomic E-state index is 9.97. The van der Waals surface area contributed by atoms with Crippen molar-refractivity contribution < 1.29 is 9.84 Å². The molecule has 2 N–H and O–H groups in total. The van der Waals surface area contributed by atoms with Gasteiger partial charge in [0, 0.05) is 31.3 Å². The van der Waals surface area contributed by atoms with Crippen molar-refractivity contribution in [2.45, 2.75) is 44.4 Å². The summed E-state index contributed by atoms with van der Waals surface area (Å²) in [6, 6.07) is 7.98. The summed E-state index contributed by atoms with van der Waals surface area (Å²) in [6.07, 6.45) is 4.85.